The van der Waals surface area contributed by atoms with Crippen molar-refractivity contribution in [3.8, 4) is 5.75 Å². The van der Waals surface area contributed by atoms with Gasteiger partial charge >= 0.3 is 0 Å². The zero-order chi connectivity index (χ0) is 12.0. The highest BCUT2D eigenvalue weighted by atomic mass is 19.1. The normalized spacial score (nSPS) is 9.94. The van der Waals surface area contributed by atoms with Crippen LogP contribution in [0.2, 0.25) is 0 Å². The molecular weight excluding hydrogens is 209 g/mol. The SMILES string of the molecule is CCCNC(=O)COc1ccc(C)c(F)c1. The van der Waals surface area contributed by atoms with Crippen LogP contribution in [-0.2, 0) is 4.79 Å². The molecule has 1 N–H and O–H groups in total. The van der Waals surface area contributed by atoms with Crippen molar-refractivity contribution in [1.29, 1.82) is 0 Å². The highest BCUT2D eigenvalue weighted by Gasteiger charge is 2.03. The Balaban J connectivity index is 2.42. The van der Waals surface area contributed by atoms with Gasteiger partial charge in [0.2, 0.25) is 0 Å². The minimum Gasteiger partial charge on any atom is -0.484 e. The Morgan fingerprint density at radius 2 is 2.25 bits per heavy atom. The lowest BCUT2D eigenvalue weighted by Gasteiger charge is -2.07. The molecule has 0 fully saturated rings. The van der Waals surface area contributed by atoms with E-state index in [1.165, 1.54) is 6.07 Å². The van der Waals surface area contributed by atoms with E-state index in [0.29, 0.717) is 17.9 Å². The van der Waals surface area contributed by atoms with Crippen molar-refractivity contribution < 1.29 is 13.9 Å². The van der Waals surface area contributed by atoms with E-state index in [-0.39, 0.29) is 18.3 Å². The van der Waals surface area contributed by atoms with Crippen LogP contribution in [0.5, 0.6) is 5.75 Å². The maximum atomic E-state index is 13.1. The van der Waals surface area contributed by atoms with Gasteiger partial charge < -0.3 is 10.1 Å². The van der Waals surface area contributed by atoms with Gasteiger partial charge in [0, 0.05) is 12.6 Å². The van der Waals surface area contributed by atoms with Crippen molar-refractivity contribution in [2.24, 2.45) is 0 Å². The molecule has 1 amide bonds. The van der Waals surface area contributed by atoms with E-state index in [4.69, 9.17) is 4.74 Å². The summed E-state index contributed by atoms with van der Waals surface area (Å²) in [5.41, 5.74) is 0.558. The van der Waals surface area contributed by atoms with Crippen LogP contribution < -0.4 is 10.1 Å². The van der Waals surface area contributed by atoms with Gasteiger partial charge in [-0.1, -0.05) is 13.0 Å². The molecule has 0 bridgehead atoms. The second-order valence-electron chi connectivity index (χ2n) is 3.55. The van der Waals surface area contributed by atoms with Gasteiger partial charge in [0.05, 0.1) is 0 Å². The molecule has 0 aliphatic heterocycles. The van der Waals surface area contributed by atoms with Crippen molar-refractivity contribution in [2.45, 2.75) is 20.3 Å². The molecule has 1 aromatic rings. The molecule has 3 nitrogen and oxygen atoms in total. The molecular formula is C12H16FNO2. The summed E-state index contributed by atoms with van der Waals surface area (Å²) in [5, 5.41) is 2.67. The van der Waals surface area contributed by atoms with Gasteiger partial charge in [-0.05, 0) is 25.0 Å². The second-order valence-corrected chi connectivity index (χ2v) is 3.55. The van der Waals surface area contributed by atoms with Gasteiger partial charge in [-0.3, -0.25) is 4.79 Å². The summed E-state index contributed by atoms with van der Waals surface area (Å²) in [5.74, 6) is -0.149. The molecule has 0 spiro atoms. The smallest absolute Gasteiger partial charge is 0.257 e. The van der Waals surface area contributed by atoms with Gasteiger partial charge in [0.25, 0.3) is 5.91 Å². The van der Waals surface area contributed by atoms with Crippen molar-refractivity contribution in [3.05, 3.63) is 29.6 Å². The molecule has 4 heteroatoms. The largest absolute Gasteiger partial charge is 0.484 e. The summed E-state index contributed by atoms with van der Waals surface area (Å²) in [7, 11) is 0. The zero-order valence-electron chi connectivity index (χ0n) is 9.55. The van der Waals surface area contributed by atoms with Crippen molar-refractivity contribution in [3.63, 3.8) is 0 Å². The predicted molar refractivity (Wildman–Crippen MR) is 59.9 cm³/mol. The maximum absolute atomic E-state index is 13.1. The fraction of sp³-hybridized carbons (Fsp3) is 0.417. The minimum absolute atomic E-state index is 0.0809. The lowest BCUT2D eigenvalue weighted by Crippen LogP contribution is -2.29. The Bertz CT molecular complexity index is 366. The molecule has 0 aromatic heterocycles. The standard InChI is InChI=1S/C12H16FNO2/c1-3-6-14-12(15)8-16-10-5-4-9(2)11(13)7-10/h4-5,7H,3,6,8H2,1-2H3,(H,14,15). The monoisotopic (exact) mass is 225 g/mol. The molecule has 88 valence electrons. The van der Waals surface area contributed by atoms with Gasteiger partial charge in [-0.15, -0.1) is 0 Å². The molecule has 0 unspecified atom stereocenters. The fourth-order valence-electron chi connectivity index (χ4n) is 1.13. The van der Waals surface area contributed by atoms with Crippen LogP contribution >= 0.6 is 0 Å². The highest BCUT2D eigenvalue weighted by Crippen LogP contribution is 2.15. The lowest BCUT2D eigenvalue weighted by molar-refractivity contribution is -0.123. The van der Waals surface area contributed by atoms with E-state index in [0.717, 1.165) is 6.42 Å². The third-order valence-corrected chi connectivity index (χ3v) is 2.09. The maximum Gasteiger partial charge on any atom is 0.257 e. The molecule has 0 saturated carbocycles. The summed E-state index contributed by atoms with van der Waals surface area (Å²) in [6, 6.07) is 4.54. The Morgan fingerprint density at radius 1 is 1.50 bits per heavy atom. The molecule has 0 saturated heterocycles. The average Bonchev–Trinajstić information content (AvgIpc) is 2.28. The van der Waals surface area contributed by atoms with Crippen LogP contribution in [0.3, 0.4) is 0 Å². The first-order valence-corrected chi connectivity index (χ1v) is 5.29. The van der Waals surface area contributed by atoms with Crippen LogP contribution in [0, 0.1) is 12.7 Å². The van der Waals surface area contributed by atoms with Crippen molar-refractivity contribution in [2.75, 3.05) is 13.2 Å². The summed E-state index contributed by atoms with van der Waals surface area (Å²) in [6.45, 7) is 4.19. The van der Waals surface area contributed by atoms with Crippen molar-refractivity contribution in [1.82, 2.24) is 5.32 Å². The van der Waals surface area contributed by atoms with E-state index >= 15 is 0 Å². The quantitative estimate of drug-likeness (QED) is 0.832. The molecule has 0 aliphatic carbocycles. The summed E-state index contributed by atoms with van der Waals surface area (Å²) >= 11 is 0. The number of hydrogen-bond acceptors (Lipinski definition) is 2. The van der Waals surface area contributed by atoms with Gasteiger partial charge in [-0.2, -0.15) is 0 Å². The van der Waals surface area contributed by atoms with E-state index < -0.39 is 0 Å². The number of rotatable bonds is 5. The van der Waals surface area contributed by atoms with E-state index in [9.17, 15) is 9.18 Å². The Hall–Kier alpha value is -1.58. The van der Waals surface area contributed by atoms with Crippen molar-refractivity contribution >= 4 is 5.91 Å². The molecule has 0 atom stereocenters. The second kappa shape index (κ2) is 6.10. The molecule has 1 rings (SSSR count). The number of benzene rings is 1. The first-order chi connectivity index (χ1) is 7.63. The summed E-state index contributed by atoms with van der Waals surface area (Å²) in [4.78, 5) is 11.2. The van der Waals surface area contributed by atoms with Crippen LogP contribution in [0.25, 0.3) is 0 Å². The van der Waals surface area contributed by atoms with E-state index in [1.54, 1.807) is 19.1 Å². The molecule has 0 radical (unpaired) electrons. The fourth-order valence-corrected chi connectivity index (χ4v) is 1.13. The number of carbonyl (C=O) groups excluding carboxylic acids is 1. The molecule has 16 heavy (non-hydrogen) atoms. The third kappa shape index (κ3) is 3.88. The van der Waals surface area contributed by atoms with E-state index in [2.05, 4.69) is 5.32 Å². The Kier molecular flexibility index (Phi) is 4.76. The lowest BCUT2D eigenvalue weighted by atomic mass is 10.2. The number of carbonyl (C=O) groups is 1. The number of aryl methyl sites for hydroxylation is 1. The van der Waals surface area contributed by atoms with E-state index in [1.807, 2.05) is 6.92 Å². The molecule has 0 aliphatic rings. The highest BCUT2D eigenvalue weighted by molar-refractivity contribution is 5.77. The summed E-state index contributed by atoms with van der Waals surface area (Å²) < 4.78 is 18.3. The van der Waals surface area contributed by atoms with Crippen LogP contribution in [0.4, 0.5) is 4.39 Å². The first-order valence-electron chi connectivity index (χ1n) is 5.29. The minimum atomic E-state index is -0.327. The van der Waals surface area contributed by atoms with Crippen LogP contribution in [0.1, 0.15) is 18.9 Å². The Morgan fingerprint density at radius 3 is 2.88 bits per heavy atom. The average molecular weight is 225 g/mol. The van der Waals surface area contributed by atoms with Crippen LogP contribution in [-0.4, -0.2) is 19.1 Å². The van der Waals surface area contributed by atoms with Gasteiger partial charge in [0.1, 0.15) is 11.6 Å². The molecule has 0 heterocycles. The van der Waals surface area contributed by atoms with Gasteiger partial charge in [0.15, 0.2) is 6.61 Å². The third-order valence-electron chi connectivity index (χ3n) is 2.09. The number of amides is 1. The number of halogens is 1. The Labute approximate surface area is 94.6 Å². The number of nitrogens with one attached hydrogen (secondary N) is 1. The predicted octanol–water partition coefficient (Wildman–Crippen LogP) is 2.04. The van der Waals surface area contributed by atoms with Gasteiger partial charge in [-0.25, -0.2) is 4.39 Å². The molecule has 1 aromatic carbocycles. The number of hydrogen-bond donors (Lipinski definition) is 1. The first kappa shape index (κ1) is 12.5. The summed E-state index contributed by atoms with van der Waals surface area (Å²) in [6.07, 6.45) is 0.880. The zero-order valence-corrected chi connectivity index (χ0v) is 9.55. The topological polar surface area (TPSA) is 38.3 Å². The van der Waals surface area contributed by atoms with Crippen LogP contribution in [0.15, 0.2) is 18.2 Å². The number of ether oxygens (including phenoxy) is 1.